The van der Waals surface area contributed by atoms with Gasteiger partial charge >= 0.3 is 7.60 Å². The fourth-order valence-electron chi connectivity index (χ4n) is 1.13. The molecule has 0 aromatic heterocycles. The standard InChI is InChI=1S/C9H21O3P/c1-4-5-6-7-8-9(2,3)13(10,11)12/h4-8H2,1-3H3,(H2,10,11,12). The lowest BCUT2D eigenvalue weighted by atomic mass is 10.0. The molecule has 0 saturated carbocycles. The fourth-order valence-corrected chi connectivity index (χ4v) is 1.58. The zero-order chi connectivity index (χ0) is 10.5. The van der Waals surface area contributed by atoms with Crippen LogP contribution in [0, 0.1) is 0 Å². The van der Waals surface area contributed by atoms with Crippen LogP contribution < -0.4 is 0 Å². The Morgan fingerprint density at radius 3 is 2.08 bits per heavy atom. The van der Waals surface area contributed by atoms with Crippen LogP contribution in [0.2, 0.25) is 0 Å². The van der Waals surface area contributed by atoms with E-state index in [4.69, 9.17) is 9.79 Å². The Morgan fingerprint density at radius 1 is 1.15 bits per heavy atom. The van der Waals surface area contributed by atoms with Crippen molar-refractivity contribution >= 4 is 7.60 Å². The summed E-state index contributed by atoms with van der Waals surface area (Å²) < 4.78 is 11.0. The highest BCUT2D eigenvalue weighted by Gasteiger charge is 2.36. The molecule has 4 heteroatoms. The summed E-state index contributed by atoms with van der Waals surface area (Å²) >= 11 is 0. The molecule has 0 aliphatic heterocycles. The van der Waals surface area contributed by atoms with Crippen LogP contribution in [0.4, 0.5) is 0 Å². The highest BCUT2D eigenvalue weighted by Crippen LogP contribution is 2.52. The molecule has 0 rings (SSSR count). The summed E-state index contributed by atoms with van der Waals surface area (Å²) in [5.74, 6) is 0. The van der Waals surface area contributed by atoms with E-state index in [9.17, 15) is 4.57 Å². The summed E-state index contributed by atoms with van der Waals surface area (Å²) in [6.07, 6.45) is 4.89. The largest absolute Gasteiger partial charge is 0.331 e. The minimum absolute atomic E-state index is 0.608. The van der Waals surface area contributed by atoms with E-state index in [0.29, 0.717) is 6.42 Å². The molecule has 0 aromatic rings. The summed E-state index contributed by atoms with van der Waals surface area (Å²) in [4.78, 5) is 18.0. The first kappa shape index (κ1) is 13.2. The molecule has 0 heterocycles. The van der Waals surface area contributed by atoms with Crippen LogP contribution in [-0.2, 0) is 4.57 Å². The third-order valence-corrected chi connectivity index (χ3v) is 4.23. The Kier molecular flexibility index (Phi) is 5.19. The van der Waals surface area contributed by atoms with Gasteiger partial charge in [0.1, 0.15) is 0 Å². The molecular weight excluding hydrogens is 187 g/mol. The highest BCUT2D eigenvalue weighted by atomic mass is 31.2. The summed E-state index contributed by atoms with van der Waals surface area (Å²) in [5.41, 5.74) is 0. The van der Waals surface area contributed by atoms with E-state index >= 15 is 0 Å². The van der Waals surface area contributed by atoms with Gasteiger partial charge in [-0.15, -0.1) is 0 Å². The third kappa shape index (κ3) is 4.80. The van der Waals surface area contributed by atoms with Crippen LogP contribution in [-0.4, -0.2) is 14.9 Å². The van der Waals surface area contributed by atoms with E-state index in [1.807, 2.05) is 0 Å². The normalized spacial score (nSPS) is 13.3. The molecular formula is C9H21O3P. The molecule has 0 spiro atoms. The van der Waals surface area contributed by atoms with Gasteiger partial charge in [0.05, 0.1) is 5.16 Å². The zero-order valence-electron chi connectivity index (χ0n) is 8.79. The van der Waals surface area contributed by atoms with Crippen molar-refractivity contribution in [3.63, 3.8) is 0 Å². The monoisotopic (exact) mass is 208 g/mol. The lowest BCUT2D eigenvalue weighted by Gasteiger charge is -2.25. The van der Waals surface area contributed by atoms with Crippen LogP contribution in [0.5, 0.6) is 0 Å². The first-order chi connectivity index (χ1) is 5.81. The number of unbranched alkanes of at least 4 members (excludes halogenated alkanes) is 3. The maximum Gasteiger partial charge on any atom is 0.331 e. The smallest absolute Gasteiger partial charge is 0.324 e. The van der Waals surface area contributed by atoms with Crippen molar-refractivity contribution in [1.82, 2.24) is 0 Å². The minimum Gasteiger partial charge on any atom is -0.324 e. The summed E-state index contributed by atoms with van der Waals surface area (Å²) in [5, 5.41) is -0.846. The Hall–Kier alpha value is 0.150. The van der Waals surface area contributed by atoms with Gasteiger partial charge < -0.3 is 9.79 Å². The van der Waals surface area contributed by atoms with Crippen molar-refractivity contribution < 1.29 is 14.4 Å². The molecule has 13 heavy (non-hydrogen) atoms. The molecule has 0 aromatic carbocycles. The summed E-state index contributed by atoms with van der Waals surface area (Å²) in [6, 6.07) is 0. The van der Waals surface area contributed by atoms with Crippen molar-refractivity contribution in [2.75, 3.05) is 0 Å². The topological polar surface area (TPSA) is 57.5 Å². The first-order valence-corrected chi connectivity index (χ1v) is 6.48. The Labute approximate surface area is 80.7 Å². The molecule has 0 fully saturated rings. The van der Waals surface area contributed by atoms with E-state index in [2.05, 4.69) is 6.92 Å². The van der Waals surface area contributed by atoms with E-state index < -0.39 is 12.8 Å². The first-order valence-electron chi connectivity index (χ1n) is 4.87. The van der Waals surface area contributed by atoms with Gasteiger partial charge in [-0.25, -0.2) is 0 Å². The maximum absolute atomic E-state index is 11.0. The SMILES string of the molecule is CCCCCCC(C)(C)P(=O)(O)O. The zero-order valence-corrected chi connectivity index (χ0v) is 9.68. The van der Waals surface area contributed by atoms with Crippen LogP contribution >= 0.6 is 7.60 Å². The molecule has 0 unspecified atom stereocenters. The second-order valence-corrected chi connectivity index (χ2v) is 6.47. The van der Waals surface area contributed by atoms with Gasteiger partial charge in [0.15, 0.2) is 0 Å². The summed E-state index contributed by atoms with van der Waals surface area (Å²) in [6.45, 7) is 5.40. The molecule has 3 nitrogen and oxygen atoms in total. The van der Waals surface area contributed by atoms with Crippen LogP contribution in [0.15, 0.2) is 0 Å². The van der Waals surface area contributed by atoms with E-state index in [1.165, 1.54) is 0 Å². The fraction of sp³-hybridized carbons (Fsp3) is 1.00. The number of hydrogen-bond donors (Lipinski definition) is 2. The second kappa shape index (κ2) is 5.14. The number of rotatable bonds is 6. The summed E-state index contributed by atoms with van der Waals surface area (Å²) in [7, 11) is -3.92. The van der Waals surface area contributed by atoms with Gasteiger partial charge in [-0.05, 0) is 20.3 Å². The lowest BCUT2D eigenvalue weighted by Crippen LogP contribution is -2.19. The molecule has 0 aliphatic rings. The van der Waals surface area contributed by atoms with E-state index in [1.54, 1.807) is 13.8 Å². The third-order valence-electron chi connectivity index (χ3n) is 2.43. The molecule has 0 bridgehead atoms. The predicted octanol–water partition coefficient (Wildman–Crippen LogP) is 2.91. The van der Waals surface area contributed by atoms with Gasteiger partial charge in [-0.1, -0.05) is 32.6 Å². The molecule has 0 aliphatic carbocycles. The molecule has 0 saturated heterocycles. The molecule has 2 N–H and O–H groups in total. The van der Waals surface area contributed by atoms with Gasteiger partial charge in [0.25, 0.3) is 0 Å². The average molecular weight is 208 g/mol. The van der Waals surface area contributed by atoms with Gasteiger partial charge in [-0.2, -0.15) is 0 Å². The van der Waals surface area contributed by atoms with Gasteiger partial charge in [0, 0.05) is 0 Å². The van der Waals surface area contributed by atoms with Gasteiger partial charge in [-0.3, -0.25) is 4.57 Å². The van der Waals surface area contributed by atoms with Crippen LogP contribution in [0.25, 0.3) is 0 Å². The average Bonchev–Trinajstić information content (AvgIpc) is 1.96. The van der Waals surface area contributed by atoms with E-state index in [-0.39, 0.29) is 0 Å². The van der Waals surface area contributed by atoms with Crippen molar-refractivity contribution in [1.29, 1.82) is 0 Å². The van der Waals surface area contributed by atoms with E-state index in [0.717, 1.165) is 25.7 Å². The molecule has 80 valence electrons. The van der Waals surface area contributed by atoms with Crippen molar-refractivity contribution in [2.45, 2.75) is 58.0 Å². The highest BCUT2D eigenvalue weighted by molar-refractivity contribution is 7.53. The quantitative estimate of drug-likeness (QED) is 0.521. The second-order valence-electron chi connectivity index (χ2n) is 4.17. The van der Waals surface area contributed by atoms with Crippen LogP contribution in [0.3, 0.4) is 0 Å². The lowest BCUT2D eigenvalue weighted by molar-refractivity contribution is 0.327. The van der Waals surface area contributed by atoms with Gasteiger partial charge in [0.2, 0.25) is 0 Å². The predicted molar refractivity (Wildman–Crippen MR) is 54.9 cm³/mol. The Balaban J connectivity index is 3.84. The molecule has 0 atom stereocenters. The molecule has 0 radical (unpaired) electrons. The van der Waals surface area contributed by atoms with Crippen LogP contribution in [0.1, 0.15) is 52.9 Å². The van der Waals surface area contributed by atoms with Crippen molar-refractivity contribution in [2.24, 2.45) is 0 Å². The molecule has 0 amide bonds. The number of hydrogen-bond acceptors (Lipinski definition) is 1. The Morgan fingerprint density at radius 2 is 1.69 bits per heavy atom. The maximum atomic E-state index is 11.0. The van der Waals surface area contributed by atoms with Crippen molar-refractivity contribution in [3.05, 3.63) is 0 Å². The van der Waals surface area contributed by atoms with Crippen molar-refractivity contribution in [3.8, 4) is 0 Å². The Bertz CT molecular complexity index is 183. The minimum atomic E-state index is -3.92.